The standard InChI is InChI=1S/C10H26N2Si/c1-7-8-12-13(11-6)9(2)10(3,4)5/h9,11-13H,7-8H2,1-6H3. The average molecular weight is 202 g/mol. The molecule has 0 rings (SSSR count). The molecule has 0 radical (unpaired) electrons. The minimum Gasteiger partial charge on any atom is -0.330 e. The molecule has 0 aliphatic heterocycles. The first-order valence-corrected chi connectivity index (χ1v) is 7.16. The maximum Gasteiger partial charge on any atom is 0.187 e. The smallest absolute Gasteiger partial charge is 0.187 e. The molecule has 0 amide bonds. The first-order chi connectivity index (χ1) is 5.93. The maximum atomic E-state index is 3.65. The second kappa shape index (κ2) is 5.78. The molecule has 0 saturated carbocycles. The van der Waals surface area contributed by atoms with Gasteiger partial charge in [-0.15, -0.1) is 0 Å². The minimum absolute atomic E-state index is 0.417. The number of rotatable bonds is 5. The minimum atomic E-state index is -0.950. The maximum absolute atomic E-state index is 3.65. The SMILES string of the molecule is CCCN[SiH](NC)C(C)C(C)(C)C. The van der Waals surface area contributed by atoms with Gasteiger partial charge in [-0.25, -0.2) is 0 Å². The Morgan fingerprint density at radius 2 is 1.85 bits per heavy atom. The number of nitrogens with one attached hydrogen (secondary N) is 2. The van der Waals surface area contributed by atoms with E-state index in [1.165, 1.54) is 6.42 Å². The Kier molecular flexibility index (Phi) is 5.84. The molecule has 0 bridgehead atoms. The summed E-state index contributed by atoms with van der Waals surface area (Å²) in [5, 5.41) is 0. The quantitative estimate of drug-likeness (QED) is 0.665. The predicted molar refractivity (Wildman–Crippen MR) is 63.4 cm³/mol. The van der Waals surface area contributed by atoms with Gasteiger partial charge in [-0.3, -0.25) is 0 Å². The zero-order chi connectivity index (χ0) is 10.5. The fourth-order valence-electron chi connectivity index (χ4n) is 1.33. The lowest BCUT2D eigenvalue weighted by Crippen LogP contribution is -2.51. The lowest BCUT2D eigenvalue weighted by Gasteiger charge is -2.33. The lowest BCUT2D eigenvalue weighted by molar-refractivity contribution is 0.385. The Bertz CT molecular complexity index is 131. The van der Waals surface area contributed by atoms with E-state index in [0.29, 0.717) is 5.41 Å². The van der Waals surface area contributed by atoms with Crippen LogP contribution in [0.1, 0.15) is 41.0 Å². The average Bonchev–Trinajstić information content (AvgIpc) is 2.04. The summed E-state index contributed by atoms with van der Waals surface area (Å²) >= 11 is 0. The molecule has 2 atom stereocenters. The van der Waals surface area contributed by atoms with Crippen molar-refractivity contribution in [2.75, 3.05) is 13.6 Å². The molecular weight excluding hydrogens is 176 g/mol. The first-order valence-electron chi connectivity index (χ1n) is 5.34. The van der Waals surface area contributed by atoms with Gasteiger partial charge in [0.2, 0.25) is 0 Å². The van der Waals surface area contributed by atoms with Gasteiger partial charge in [0.15, 0.2) is 9.12 Å². The highest BCUT2D eigenvalue weighted by Crippen LogP contribution is 2.31. The van der Waals surface area contributed by atoms with Crippen LogP contribution in [0.3, 0.4) is 0 Å². The molecule has 0 fully saturated rings. The summed E-state index contributed by atoms with van der Waals surface area (Å²) in [6.07, 6.45) is 1.22. The van der Waals surface area contributed by atoms with Gasteiger partial charge in [0.25, 0.3) is 0 Å². The van der Waals surface area contributed by atoms with Crippen LogP contribution in [0.4, 0.5) is 0 Å². The highest BCUT2D eigenvalue weighted by atomic mass is 28.3. The Balaban J connectivity index is 4.07. The van der Waals surface area contributed by atoms with Crippen LogP contribution < -0.4 is 9.96 Å². The molecule has 3 heteroatoms. The molecule has 0 spiro atoms. The third-order valence-electron chi connectivity index (χ3n) is 2.79. The van der Waals surface area contributed by atoms with Crippen LogP contribution in [-0.4, -0.2) is 22.7 Å². The summed E-state index contributed by atoms with van der Waals surface area (Å²) in [7, 11) is 1.14. The zero-order valence-electron chi connectivity index (χ0n) is 10.1. The van der Waals surface area contributed by atoms with E-state index in [4.69, 9.17) is 0 Å². The lowest BCUT2D eigenvalue weighted by atomic mass is 9.93. The highest BCUT2D eigenvalue weighted by Gasteiger charge is 2.28. The van der Waals surface area contributed by atoms with Crippen molar-refractivity contribution < 1.29 is 0 Å². The van der Waals surface area contributed by atoms with E-state index in [9.17, 15) is 0 Å². The van der Waals surface area contributed by atoms with Gasteiger partial charge in [-0.2, -0.15) is 0 Å². The van der Waals surface area contributed by atoms with Crippen LogP contribution in [0.5, 0.6) is 0 Å². The van der Waals surface area contributed by atoms with E-state index in [0.717, 1.165) is 12.1 Å². The van der Waals surface area contributed by atoms with Crippen LogP contribution in [0, 0.1) is 5.41 Å². The molecule has 0 aromatic carbocycles. The molecular formula is C10H26N2Si. The molecule has 0 aliphatic carbocycles. The van der Waals surface area contributed by atoms with E-state index in [2.05, 4.69) is 51.6 Å². The molecule has 0 heterocycles. The van der Waals surface area contributed by atoms with Gasteiger partial charge in [0.05, 0.1) is 0 Å². The van der Waals surface area contributed by atoms with Crippen molar-refractivity contribution in [1.82, 2.24) is 9.96 Å². The first kappa shape index (κ1) is 13.1. The van der Waals surface area contributed by atoms with Crippen molar-refractivity contribution in [2.45, 2.75) is 46.6 Å². The molecule has 0 aliphatic rings. The second-order valence-corrected chi connectivity index (χ2v) is 7.82. The summed E-state index contributed by atoms with van der Waals surface area (Å²) in [6.45, 7) is 12.7. The topological polar surface area (TPSA) is 24.1 Å². The van der Waals surface area contributed by atoms with Gasteiger partial charge >= 0.3 is 0 Å². The van der Waals surface area contributed by atoms with Crippen LogP contribution in [0.15, 0.2) is 0 Å². The molecule has 13 heavy (non-hydrogen) atoms. The van der Waals surface area contributed by atoms with E-state index in [-0.39, 0.29) is 0 Å². The van der Waals surface area contributed by atoms with Gasteiger partial charge < -0.3 is 9.96 Å². The van der Waals surface area contributed by atoms with Crippen LogP contribution in [0.25, 0.3) is 0 Å². The molecule has 2 unspecified atom stereocenters. The third kappa shape index (κ3) is 4.79. The monoisotopic (exact) mass is 202 g/mol. The second-order valence-electron chi connectivity index (χ2n) is 4.88. The number of hydrogen-bond donors (Lipinski definition) is 2. The molecule has 0 saturated heterocycles. The summed E-state index contributed by atoms with van der Waals surface area (Å²) in [4.78, 5) is 7.12. The van der Waals surface area contributed by atoms with Gasteiger partial charge in [0.1, 0.15) is 0 Å². The third-order valence-corrected chi connectivity index (χ3v) is 6.14. The molecule has 0 aromatic rings. The van der Waals surface area contributed by atoms with Crippen molar-refractivity contribution in [3.05, 3.63) is 0 Å². The van der Waals surface area contributed by atoms with Crippen molar-refractivity contribution in [3.8, 4) is 0 Å². The summed E-state index contributed by atoms with van der Waals surface area (Å²) < 4.78 is 0. The van der Waals surface area contributed by atoms with Crippen LogP contribution >= 0.6 is 0 Å². The van der Waals surface area contributed by atoms with Gasteiger partial charge in [-0.05, 0) is 31.0 Å². The highest BCUT2D eigenvalue weighted by molar-refractivity contribution is 6.55. The predicted octanol–water partition coefficient (Wildman–Crippen LogP) is 1.86. The zero-order valence-corrected chi connectivity index (χ0v) is 11.2. The Hall–Kier alpha value is 0.137. The van der Waals surface area contributed by atoms with Gasteiger partial charge in [-0.1, -0.05) is 34.6 Å². The largest absolute Gasteiger partial charge is 0.330 e. The van der Waals surface area contributed by atoms with Crippen LogP contribution in [-0.2, 0) is 0 Å². The van der Waals surface area contributed by atoms with Crippen LogP contribution in [0.2, 0.25) is 5.54 Å². The van der Waals surface area contributed by atoms with E-state index in [1.807, 2.05) is 0 Å². The summed E-state index contributed by atoms with van der Waals surface area (Å²) in [6, 6.07) is 0. The van der Waals surface area contributed by atoms with E-state index in [1.54, 1.807) is 0 Å². The Morgan fingerprint density at radius 1 is 1.31 bits per heavy atom. The molecule has 80 valence electrons. The van der Waals surface area contributed by atoms with Crippen molar-refractivity contribution >= 4 is 9.12 Å². The number of hydrogen-bond acceptors (Lipinski definition) is 2. The fourth-order valence-corrected chi connectivity index (χ4v) is 3.99. The van der Waals surface area contributed by atoms with E-state index >= 15 is 0 Å². The Morgan fingerprint density at radius 3 is 2.15 bits per heavy atom. The molecule has 2 N–H and O–H groups in total. The normalized spacial score (nSPS) is 17.1. The summed E-state index contributed by atoms with van der Waals surface area (Å²) in [5.74, 6) is 0. The Labute approximate surface area is 85.3 Å². The summed E-state index contributed by atoms with van der Waals surface area (Å²) in [5.41, 5.74) is 1.18. The van der Waals surface area contributed by atoms with Gasteiger partial charge in [0, 0.05) is 0 Å². The molecule has 2 nitrogen and oxygen atoms in total. The van der Waals surface area contributed by atoms with Crippen molar-refractivity contribution in [1.29, 1.82) is 0 Å². The van der Waals surface area contributed by atoms with Crippen molar-refractivity contribution in [3.63, 3.8) is 0 Å². The molecule has 0 aromatic heterocycles. The fraction of sp³-hybridized carbons (Fsp3) is 1.00. The van der Waals surface area contributed by atoms with Crippen molar-refractivity contribution in [2.24, 2.45) is 5.41 Å². The van der Waals surface area contributed by atoms with E-state index < -0.39 is 9.12 Å².